The summed E-state index contributed by atoms with van der Waals surface area (Å²) in [5.41, 5.74) is 2.02. The maximum absolute atomic E-state index is 13.0. The number of benzene rings is 2. The van der Waals surface area contributed by atoms with E-state index in [0.717, 1.165) is 24.0 Å². The molecule has 0 aliphatic carbocycles. The highest BCUT2D eigenvalue weighted by atomic mass is 16.6. The Bertz CT molecular complexity index is 1000. The van der Waals surface area contributed by atoms with E-state index in [9.17, 15) is 19.5 Å². The summed E-state index contributed by atoms with van der Waals surface area (Å²) in [7, 11) is 0. The average molecular weight is 484 g/mol. The molecule has 0 saturated heterocycles. The number of ether oxygens (including phenoxy) is 1. The summed E-state index contributed by atoms with van der Waals surface area (Å²) in [4.78, 5) is 37.9. The van der Waals surface area contributed by atoms with Crippen LogP contribution in [0.4, 0.5) is 4.79 Å². The van der Waals surface area contributed by atoms with Crippen LogP contribution in [-0.4, -0.2) is 47.2 Å². The van der Waals surface area contributed by atoms with Gasteiger partial charge in [-0.25, -0.2) is 4.79 Å². The van der Waals surface area contributed by atoms with Crippen LogP contribution in [0.1, 0.15) is 50.8 Å². The van der Waals surface area contributed by atoms with Crippen LogP contribution in [0, 0.1) is 6.92 Å². The Kier molecular flexibility index (Phi) is 10.1. The molecule has 4 N–H and O–H groups in total. The molecule has 0 spiro atoms. The molecule has 8 heteroatoms. The van der Waals surface area contributed by atoms with Crippen LogP contribution in [0.25, 0.3) is 0 Å². The molecule has 2 atom stereocenters. The summed E-state index contributed by atoms with van der Waals surface area (Å²) >= 11 is 0. The first-order valence-corrected chi connectivity index (χ1v) is 11.8. The molecule has 3 amide bonds. The van der Waals surface area contributed by atoms with E-state index in [1.165, 1.54) is 11.6 Å². The predicted molar refractivity (Wildman–Crippen MR) is 135 cm³/mol. The van der Waals surface area contributed by atoms with Crippen molar-refractivity contribution in [2.24, 2.45) is 0 Å². The third kappa shape index (κ3) is 10.1. The van der Waals surface area contributed by atoms with Crippen molar-refractivity contribution in [3.8, 4) is 5.75 Å². The number of phenols is 1. The quantitative estimate of drug-likeness (QED) is 0.387. The molecular formula is C27H37N3O5. The Hall–Kier alpha value is -3.55. The van der Waals surface area contributed by atoms with Crippen molar-refractivity contribution in [1.82, 2.24) is 16.0 Å². The molecule has 0 fully saturated rings. The number of alkyl carbamates (subject to hydrolysis) is 1. The van der Waals surface area contributed by atoms with Gasteiger partial charge >= 0.3 is 6.09 Å². The van der Waals surface area contributed by atoms with Gasteiger partial charge in [-0.3, -0.25) is 9.59 Å². The molecule has 0 bridgehead atoms. The molecule has 8 nitrogen and oxygen atoms in total. The summed E-state index contributed by atoms with van der Waals surface area (Å²) in [6.07, 6.45) is 1.06. The van der Waals surface area contributed by atoms with Gasteiger partial charge in [-0.1, -0.05) is 36.4 Å². The number of hydrogen-bond donors (Lipinski definition) is 4. The minimum Gasteiger partial charge on any atom is -0.508 e. The van der Waals surface area contributed by atoms with Crippen LogP contribution in [-0.2, 0) is 27.2 Å². The van der Waals surface area contributed by atoms with Crippen molar-refractivity contribution >= 4 is 17.9 Å². The fraction of sp³-hybridized carbons (Fsp3) is 0.444. The van der Waals surface area contributed by atoms with Gasteiger partial charge in [0.15, 0.2) is 0 Å². The fourth-order valence-corrected chi connectivity index (χ4v) is 3.47. The molecule has 2 aromatic carbocycles. The first-order chi connectivity index (χ1) is 16.4. The Labute approximate surface area is 207 Å². The number of phenolic OH excluding ortho intramolecular Hbond substituents is 1. The van der Waals surface area contributed by atoms with Crippen molar-refractivity contribution in [2.75, 3.05) is 6.54 Å². The molecule has 0 saturated carbocycles. The van der Waals surface area contributed by atoms with E-state index in [1.807, 2.05) is 37.3 Å². The SMILES string of the molecule is Cc1cc(O)ccc1C[C@H](NC(=O)OC(C)(C)C)C(=O)N[C@H](C)C(=O)NCCCc1ccccc1. The molecule has 0 aliphatic heterocycles. The van der Waals surface area contributed by atoms with Crippen LogP contribution in [0.2, 0.25) is 0 Å². The number of hydrogen-bond acceptors (Lipinski definition) is 5. The van der Waals surface area contributed by atoms with Crippen LogP contribution in [0.3, 0.4) is 0 Å². The van der Waals surface area contributed by atoms with E-state index in [-0.39, 0.29) is 18.1 Å². The Balaban J connectivity index is 1.97. The molecule has 2 aromatic rings. The lowest BCUT2D eigenvalue weighted by atomic mass is 10.00. The van der Waals surface area contributed by atoms with Crippen molar-refractivity contribution in [2.45, 2.75) is 71.6 Å². The minimum atomic E-state index is -0.971. The zero-order valence-corrected chi connectivity index (χ0v) is 21.2. The van der Waals surface area contributed by atoms with Crippen molar-refractivity contribution < 1.29 is 24.2 Å². The van der Waals surface area contributed by atoms with Gasteiger partial charge in [-0.05, 0) is 76.3 Å². The number of amides is 3. The van der Waals surface area contributed by atoms with Gasteiger partial charge < -0.3 is 25.8 Å². The summed E-state index contributed by atoms with van der Waals surface area (Å²) in [6.45, 7) is 9.09. The van der Waals surface area contributed by atoms with E-state index < -0.39 is 29.7 Å². The molecule has 190 valence electrons. The summed E-state index contributed by atoms with van der Waals surface area (Å²) in [5, 5.41) is 17.8. The first-order valence-electron chi connectivity index (χ1n) is 11.8. The number of nitrogens with one attached hydrogen (secondary N) is 3. The van der Waals surface area contributed by atoms with Crippen molar-refractivity contribution in [3.05, 3.63) is 65.2 Å². The molecule has 0 aromatic heterocycles. The standard InChI is InChI=1S/C27H37N3O5/c1-18-16-22(31)14-13-21(18)17-23(30-26(34)35-27(3,4)5)25(33)29-19(2)24(32)28-15-9-12-20-10-7-6-8-11-20/h6-8,10-11,13-14,16,19,23,31H,9,12,15,17H2,1-5H3,(H,28,32)(H,29,33)(H,30,34)/t19-,23+/m1/s1. The Morgan fingerprint density at radius 3 is 2.31 bits per heavy atom. The Morgan fingerprint density at radius 2 is 1.69 bits per heavy atom. The molecule has 2 rings (SSSR count). The number of rotatable bonds is 10. The van der Waals surface area contributed by atoms with Crippen LogP contribution in [0.5, 0.6) is 5.75 Å². The lowest BCUT2D eigenvalue weighted by Gasteiger charge is -2.25. The van der Waals surface area contributed by atoms with Gasteiger partial charge in [0.1, 0.15) is 23.4 Å². The van der Waals surface area contributed by atoms with Gasteiger partial charge in [0.25, 0.3) is 0 Å². The molecular weight excluding hydrogens is 446 g/mol. The van der Waals surface area contributed by atoms with Gasteiger partial charge in [0, 0.05) is 13.0 Å². The highest BCUT2D eigenvalue weighted by Crippen LogP contribution is 2.17. The monoisotopic (exact) mass is 483 g/mol. The molecule has 0 aliphatic rings. The molecule has 35 heavy (non-hydrogen) atoms. The van der Waals surface area contributed by atoms with E-state index in [1.54, 1.807) is 39.8 Å². The number of carbonyl (C=O) groups excluding carboxylic acids is 3. The minimum absolute atomic E-state index is 0.116. The molecule has 0 unspecified atom stereocenters. The van der Waals surface area contributed by atoms with Crippen molar-refractivity contribution in [3.63, 3.8) is 0 Å². The average Bonchev–Trinajstić information content (AvgIpc) is 2.77. The second kappa shape index (κ2) is 12.8. The van der Waals surface area contributed by atoms with Gasteiger partial charge in [-0.2, -0.15) is 0 Å². The van der Waals surface area contributed by atoms with E-state index in [0.29, 0.717) is 6.54 Å². The molecule has 0 radical (unpaired) electrons. The zero-order valence-electron chi connectivity index (χ0n) is 21.2. The number of carbonyl (C=O) groups is 3. The first kappa shape index (κ1) is 27.7. The number of aromatic hydroxyl groups is 1. The number of aryl methyl sites for hydroxylation is 2. The zero-order chi connectivity index (χ0) is 26.0. The maximum atomic E-state index is 13.0. The second-order valence-electron chi connectivity index (χ2n) is 9.62. The lowest BCUT2D eigenvalue weighted by molar-refractivity contribution is -0.129. The highest BCUT2D eigenvalue weighted by molar-refractivity contribution is 5.91. The van der Waals surface area contributed by atoms with E-state index in [2.05, 4.69) is 16.0 Å². The summed E-state index contributed by atoms with van der Waals surface area (Å²) in [5.74, 6) is -0.691. The Morgan fingerprint density at radius 1 is 1.00 bits per heavy atom. The van der Waals surface area contributed by atoms with E-state index >= 15 is 0 Å². The molecule has 0 heterocycles. The second-order valence-corrected chi connectivity index (χ2v) is 9.62. The van der Waals surface area contributed by atoms with Crippen LogP contribution >= 0.6 is 0 Å². The van der Waals surface area contributed by atoms with Crippen molar-refractivity contribution in [1.29, 1.82) is 0 Å². The van der Waals surface area contributed by atoms with Gasteiger partial charge in [-0.15, -0.1) is 0 Å². The van der Waals surface area contributed by atoms with Gasteiger partial charge in [0.05, 0.1) is 0 Å². The third-order valence-electron chi connectivity index (χ3n) is 5.29. The van der Waals surface area contributed by atoms with Gasteiger partial charge in [0.2, 0.25) is 11.8 Å². The summed E-state index contributed by atoms with van der Waals surface area (Å²) in [6, 6.07) is 13.0. The topological polar surface area (TPSA) is 117 Å². The fourth-order valence-electron chi connectivity index (χ4n) is 3.47. The highest BCUT2D eigenvalue weighted by Gasteiger charge is 2.27. The van der Waals surface area contributed by atoms with Crippen LogP contribution in [0.15, 0.2) is 48.5 Å². The van der Waals surface area contributed by atoms with Crippen LogP contribution < -0.4 is 16.0 Å². The lowest BCUT2D eigenvalue weighted by Crippen LogP contribution is -2.54. The largest absolute Gasteiger partial charge is 0.508 e. The van der Waals surface area contributed by atoms with E-state index in [4.69, 9.17) is 4.74 Å². The maximum Gasteiger partial charge on any atom is 0.408 e. The smallest absolute Gasteiger partial charge is 0.408 e. The normalized spacial score (nSPS) is 12.8. The summed E-state index contributed by atoms with van der Waals surface area (Å²) < 4.78 is 5.31. The predicted octanol–water partition coefficient (Wildman–Crippen LogP) is 3.39. The third-order valence-corrected chi connectivity index (χ3v) is 5.29.